The number of aromatic nitrogens is 4. The summed E-state index contributed by atoms with van der Waals surface area (Å²) in [5.41, 5.74) is 3.88. The van der Waals surface area contributed by atoms with Crippen molar-refractivity contribution in [3.05, 3.63) is 22.2 Å². The molecule has 0 saturated carbocycles. The zero-order chi connectivity index (χ0) is 16.8. The van der Waals surface area contributed by atoms with Crippen molar-refractivity contribution in [1.29, 1.82) is 0 Å². The lowest BCUT2D eigenvalue weighted by molar-refractivity contribution is -0.0985. The molecule has 0 amide bonds. The molecule has 1 aliphatic heterocycles. The van der Waals surface area contributed by atoms with Crippen molar-refractivity contribution in [2.75, 3.05) is 12.3 Å². The number of anilines is 1. The molecule has 3 rings (SSSR count). The number of nitrogens with zero attached hydrogens (tertiary/aromatic N) is 3. The van der Waals surface area contributed by atoms with Crippen LogP contribution in [0.1, 0.15) is 31.6 Å². The number of nitrogens with two attached hydrogens (primary N) is 1. The molecule has 2 aromatic heterocycles. The van der Waals surface area contributed by atoms with Crippen molar-refractivity contribution in [2.45, 2.75) is 43.7 Å². The number of imidazole rings is 1. The molecule has 4 atom stereocenters. The number of hydrogen-bond acceptors (Lipinski definition) is 7. The van der Waals surface area contributed by atoms with E-state index >= 15 is 0 Å². The summed E-state index contributed by atoms with van der Waals surface area (Å²) in [6.07, 6.45) is -2.64. The number of fused-ring (bicyclic) bond motifs is 1. The summed E-state index contributed by atoms with van der Waals surface area (Å²) < 4.78 is 21.5. The highest BCUT2D eigenvalue weighted by atomic mass is 19.1. The van der Waals surface area contributed by atoms with Crippen molar-refractivity contribution in [1.82, 2.24) is 19.6 Å². The summed E-state index contributed by atoms with van der Waals surface area (Å²) in [4.78, 5) is 18.0. The Labute approximate surface area is 129 Å². The van der Waals surface area contributed by atoms with Gasteiger partial charge in [0.15, 0.2) is 6.17 Å². The standard InChI is InChI=1S/C13H18FN5O4/c1-2-13(3-4-20)9(21)7(14)8(23-13)6-5-16-10-11(22)17-12(15)18-19(6)10/h5,7-9,20-21H,2-4H2,1H3,(H3,15,17,18,22)/t7-,8-,9-,13+/m0/s1. The van der Waals surface area contributed by atoms with Crippen molar-refractivity contribution in [2.24, 2.45) is 0 Å². The maximum Gasteiger partial charge on any atom is 0.295 e. The zero-order valence-corrected chi connectivity index (χ0v) is 12.4. The van der Waals surface area contributed by atoms with Gasteiger partial charge in [0, 0.05) is 13.0 Å². The molecule has 0 unspecified atom stereocenters. The van der Waals surface area contributed by atoms with Gasteiger partial charge in [-0.3, -0.25) is 9.78 Å². The molecule has 0 aliphatic carbocycles. The minimum absolute atomic E-state index is 0.0457. The predicted octanol–water partition coefficient (Wildman–Crippen LogP) is -0.699. The van der Waals surface area contributed by atoms with Crippen molar-refractivity contribution >= 4 is 11.6 Å². The molecular formula is C13H18FN5O4. The van der Waals surface area contributed by atoms with Crippen molar-refractivity contribution < 1.29 is 19.3 Å². The molecule has 2 aromatic rings. The van der Waals surface area contributed by atoms with E-state index in [0.29, 0.717) is 6.42 Å². The average molecular weight is 327 g/mol. The van der Waals surface area contributed by atoms with Crippen LogP contribution in [-0.4, -0.2) is 54.3 Å². The predicted molar refractivity (Wildman–Crippen MR) is 77.5 cm³/mol. The Hall–Kier alpha value is -2.04. The van der Waals surface area contributed by atoms with Crippen LogP contribution in [0.15, 0.2) is 11.0 Å². The van der Waals surface area contributed by atoms with E-state index in [4.69, 9.17) is 10.5 Å². The molecule has 0 aromatic carbocycles. The molecular weight excluding hydrogens is 309 g/mol. The van der Waals surface area contributed by atoms with E-state index in [-0.39, 0.29) is 30.3 Å². The van der Waals surface area contributed by atoms with Gasteiger partial charge in [0.05, 0.1) is 17.5 Å². The van der Waals surface area contributed by atoms with Gasteiger partial charge in [-0.05, 0) is 6.42 Å². The molecule has 0 bridgehead atoms. The van der Waals surface area contributed by atoms with Gasteiger partial charge in [-0.15, -0.1) is 5.10 Å². The molecule has 10 heteroatoms. The van der Waals surface area contributed by atoms with Gasteiger partial charge in [-0.2, -0.15) is 0 Å². The minimum atomic E-state index is -1.75. The maximum absolute atomic E-state index is 14.6. The third-order valence-electron chi connectivity index (χ3n) is 4.33. The molecule has 0 spiro atoms. The lowest BCUT2D eigenvalue weighted by atomic mass is 9.89. The fourth-order valence-electron chi connectivity index (χ4n) is 3.05. The molecule has 1 fully saturated rings. The van der Waals surface area contributed by atoms with Crippen LogP contribution in [0.4, 0.5) is 10.3 Å². The van der Waals surface area contributed by atoms with Crippen LogP contribution in [0.2, 0.25) is 0 Å². The van der Waals surface area contributed by atoms with Gasteiger partial charge in [-0.1, -0.05) is 6.92 Å². The number of alkyl halides is 1. The van der Waals surface area contributed by atoms with Gasteiger partial charge in [0.25, 0.3) is 5.56 Å². The largest absolute Gasteiger partial charge is 0.396 e. The highest BCUT2D eigenvalue weighted by Gasteiger charge is 2.55. The third-order valence-corrected chi connectivity index (χ3v) is 4.33. The molecule has 0 radical (unpaired) electrons. The molecule has 1 saturated heterocycles. The summed E-state index contributed by atoms with van der Waals surface area (Å²) in [7, 11) is 0. The number of nitrogens with one attached hydrogen (secondary N) is 1. The van der Waals surface area contributed by atoms with Crippen LogP contribution >= 0.6 is 0 Å². The van der Waals surface area contributed by atoms with Crippen LogP contribution in [-0.2, 0) is 4.74 Å². The molecule has 23 heavy (non-hydrogen) atoms. The average Bonchev–Trinajstić information content (AvgIpc) is 3.03. The Morgan fingerprint density at radius 3 is 3.00 bits per heavy atom. The summed E-state index contributed by atoms with van der Waals surface area (Å²) in [5.74, 6) is -0.146. The SMILES string of the molecule is CC[C@]1(CCO)O[C@@H](c2cnc3c(=O)[nH]c(N)nn23)[C@H](F)[C@@H]1O. The van der Waals surface area contributed by atoms with E-state index in [1.54, 1.807) is 6.92 Å². The highest BCUT2D eigenvalue weighted by Crippen LogP contribution is 2.45. The molecule has 9 nitrogen and oxygen atoms in total. The molecule has 5 N–H and O–H groups in total. The minimum Gasteiger partial charge on any atom is -0.396 e. The first-order valence-corrected chi connectivity index (χ1v) is 7.27. The molecule has 1 aliphatic rings. The molecule has 3 heterocycles. The number of hydrogen-bond donors (Lipinski definition) is 4. The van der Waals surface area contributed by atoms with Gasteiger partial charge in [-0.25, -0.2) is 13.9 Å². The number of nitrogen functional groups attached to an aromatic ring is 1. The number of aliphatic hydroxyl groups excluding tert-OH is 2. The number of H-pyrrole nitrogens is 1. The number of aromatic amines is 1. The summed E-state index contributed by atoms with van der Waals surface area (Å²) in [6.45, 7) is 1.49. The number of rotatable bonds is 4. The molecule has 126 valence electrons. The second-order valence-corrected chi connectivity index (χ2v) is 5.58. The Balaban J connectivity index is 2.07. The Bertz CT molecular complexity index is 777. The maximum atomic E-state index is 14.6. The van der Waals surface area contributed by atoms with Gasteiger partial charge >= 0.3 is 0 Å². The van der Waals surface area contributed by atoms with E-state index in [0.717, 1.165) is 4.52 Å². The van der Waals surface area contributed by atoms with Gasteiger partial charge in [0.1, 0.15) is 12.2 Å². The number of aliphatic hydroxyl groups is 2. The lowest BCUT2D eigenvalue weighted by Crippen LogP contribution is -2.42. The van der Waals surface area contributed by atoms with Gasteiger partial charge < -0.3 is 20.7 Å². The summed E-state index contributed by atoms with van der Waals surface area (Å²) in [6, 6.07) is 0. The number of ether oxygens (including phenoxy) is 1. The fraction of sp³-hybridized carbons (Fsp3) is 0.615. The fourth-order valence-corrected chi connectivity index (χ4v) is 3.05. The second kappa shape index (κ2) is 5.55. The zero-order valence-electron chi connectivity index (χ0n) is 12.4. The smallest absolute Gasteiger partial charge is 0.295 e. The summed E-state index contributed by atoms with van der Waals surface area (Å²) in [5, 5.41) is 23.3. The third kappa shape index (κ3) is 2.30. The normalized spacial score (nSPS) is 31.0. The quantitative estimate of drug-likeness (QED) is 0.582. The van der Waals surface area contributed by atoms with E-state index in [1.165, 1.54) is 6.20 Å². The van der Waals surface area contributed by atoms with E-state index in [1.807, 2.05) is 0 Å². The Morgan fingerprint density at radius 2 is 2.35 bits per heavy atom. The first-order valence-electron chi connectivity index (χ1n) is 7.27. The first kappa shape index (κ1) is 15.8. The van der Waals surface area contributed by atoms with Gasteiger partial charge in [0.2, 0.25) is 11.6 Å². The van der Waals surface area contributed by atoms with Crippen LogP contribution in [0.3, 0.4) is 0 Å². The Kier molecular flexibility index (Phi) is 3.82. The first-order chi connectivity index (χ1) is 10.9. The second-order valence-electron chi connectivity index (χ2n) is 5.58. The van der Waals surface area contributed by atoms with Crippen LogP contribution in [0.25, 0.3) is 5.65 Å². The van der Waals surface area contributed by atoms with Crippen LogP contribution in [0.5, 0.6) is 0 Å². The Morgan fingerprint density at radius 1 is 1.61 bits per heavy atom. The summed E-state index contributed by atoms with van der Waals surface area (Å²) >= 11 is 0. The van der Waals surface area contributed by atoms with E-state index in [2.05, 4.69) is 15.1 Å². The highest BCUT2D eigenvalue weighted by molar-refractivity contribution is 5.39. The van der Waals surface area contributed by atoms with E-state index < -0.39 is 29.5 Å². The topological polar surface area (TPSA) is 139 Å². The van der Waals surface area contributed by atoms with Crippen LogP contribution < -0.4 is 11.3 Å². The van der Waals surface area contributed by atoms with E-state index in [9.17, 15) is 19.4 Å². The monoisotopic (exact) mass is 327 g/mol. The van der Waals surface area contributed by atoms with Crippen molar-refractivity contribution in [3.8, 4) is 0 Å². The van der Waals surface area contributed by atoms with Crippen LogP contribution in [0, 0.1) is 0 Å². The lowest BCUT2D eigenvalue weighted by Gasteiger charge is -2.30. The van der Waals surface area contributed by atoms with Crippen molar-refractivity contribution in [3.63, 3.8) is 0 Å². The number of halogens is 1.